The summed E-state index contributed by atoms with van der Waals surface area (Å²) in [4.78, 5) is 5.07. The fraction of sp³-hybridized carbons (Fsp3) is 0.667. The molecule has 1 aliphatic rings. The van der Waals surface area contributed by atoms with Gasteiger partial charge in [-0.25, -0.2) is 0 Å². The molecule has 3 nitrogen and oxygen atoms in total. The maximum absolute atomic E-state index is 3.47. The van der Waals surface area contributed by atoms with Gasteiger partial charge in [-0.2, -0.15) is 0 Å². The van der Waals surface area contributed by atoms with Crippen LogP contribution in [0.3, 0.4) is 0 Å². The van der Waals surface area contributed by atoms with E-state index in [1.807, 2.05) is 0 Å². The molecule has 0 spiro atoms. The van der Waals surface area contributed by atoms with Crippen molar-refractivity contribution in [3.63, 3.8) is 0 Å². The second-order valence-corrected chi connectivity index (χ2v) is 6.79. The Hall–Kier alpha value is -0.900. The summed E-state index contributed by atoms with van der Waals surface area (Å²) in [7, 11) is 2.23. The molecule has 1 aliphatic heterocycles. The lowest BCUT2D eigenvalue weighted by molar-refractivity contribution is 0.194. The van der Waals surface area contributed by atoms with Gasteiger partial charge in [-0.05, 0) is 38.1 Å². The summed E-state index contributed by atoms with van der Waals surface area (Å²) in [5, 5.41) is 3.47. The molecule has 2 rings (SSSR count). The second-order valence-electron chi connectivity index (χ2n) is 6.79. The molecule has 0 bridgehead atoms. The molecule has 1 aromatic carbocycles. The summed E-state index contributed by atoms with van der Waals surface area (Å²) >= 11 is 0. The fourth-order valence-electron chi connectivity index (χ4n) is 2.98. The van der Waals surface area contributed by atoms with Gasteiger partial charge in [0.1, 0.15) is 0 Å². The first-order valence-electron chi connectivity index (χ1n) is 8.28. The Morgan fingerprint density at radius 2 is 1.81 bits per heavy atom. The average molecular weight is 289 g/mol. The minimum atomic E-state index is 0.541. The SMILES string of the molecule is CC(C)NCc1ccc(CN2CCCN(C)CC2C)cc1. The monoisotopic (exact) mass is 289 g/mol. The third-order valence-electron chi connectivity index (χ3n) is 4.31. The molecule has 1 aromatic rings. The lowest BCUT2D eigenvalue weighted by Gasteiger charge is -2.28. The van der Waals surface area contributed by atoms with Crippen molar-refractivity contribution in [2.45, 2.75) is 52.4 Å². The molecule has 1 N–H and O–H groups in total. The van der Waals surface area contributed by atoms with Crippen LogP contribution >= 0.6 is 0 Å². The van der Waals surface area contributed by atoms with Crippen LogP contribution in [0.4, 0.5) is 0 Å². The predicted octanol–water partition coefficient (Wildman–Crippen LogP) is 2.71. The van der Waals surface area contributed by atoms with E-state index in [0.29, 0.717) is 12.1 Å². The zero-order valence-electron chi connectivity index (χ0n) is 14.1. The first kappa shape index (κ1) is 16.5. The molecule has 1 heterocycles. The minimum absolute atomic E-state index is 0.541. The van der Waals surface area contributed by atoms with Crippen molar-refractivity contribution in [2.75, 3.05) is 26.7 Å². The molecular formula is C18H31N3. The standard InChI is InChI=1S/C18H31N3/c1-15(2)19-12-17-6-8-18(9-7-17)14-21-11-5-10-20(4)13-16(21)3/h6-9,15-16,19H,5,10-14H2,1-4H3. The molecule has 21 heavy (non-hydrogen) atoms. The Kier molecular flexibility index (Phi) is 6.22. The molecule has 0 saturated carbocycles. The molecule has 1 atom stereocenters. The number of likely N-dealkylation sites (N-methyl/N-ethyl adjacent to an activating group) is 1. The minimum Gasteiger partial charge on any atom is -0.310 e. The van der Waals surface area contributed by atoms with Gasteiger partial charge in [-0.3, -0.25) is 4.90 Å². The van der Waals surface area contributed by atoms with Crippen LogP contribution in [0.15, 0.2) is 24.3 Å². The lowest BCUT2D eigenvalue weighted by atomic mass is 10.1. The van der Waals surface area contributed by atoms with E-state index in [1.54, 1.807) is 0 Å². The summed E-state index contributed by atoms with van der Waals surface area (Å²) in [6.45, 7) is 12.4. The summed E-state index contributed by atoms with van der Waals surface area (Å²) in [5.41, 5.74) is 2.80. The molecule has 1 saturated heterocycles. The summed E-state index contributed by atoms with van der Waals surface area (Å²) in [5.74, 6) is 0. The number of hydrogen-bond donors (Lipinski definition) is 1. The van der Waals surface area contributed by atoms with Crippen LogP contribution in [0.1, 0.15) is 38.3 Å². The van der Waals surface area contributed by atoms with E-state index < -0.39 is 0 Å². The smallest absolute Gasteiger partial charge is 0.0237 e. The number of rotatable bonds is 5. The van der Waals surface area contributed by atoms with Gasteiger partial charge < -0.3 is 10.2 Å². The molecular weight excluding hydrogens is 258 g/mol. The number of nitrogens with zero attached hydrogens (tertiary/aromatic N) is 2. The van der Waals surface area contributed by atoms with E-state index in [9.17, 15) is 0 Å². The summed E-state index contributed by atoms with van der Waals surface area (Å²) < 4.78 is 0. The lowest BCUT2D eigenvalue weighted by Crippen LogP contribution is -2.37. The van der Waals surface area contributed by atoms with Crippen LogP contribution < -0.4 is 5.32 Å². The van der Waals surface area contributed by atoms with Gasteiger partial charge in [-0.1, -0.05) is 38.1 Å². The quantitative estimate of drug-likeness (QED) is 0.899. The maximum atomic E-state index is 3.47. The van der Waals surface area contributed by atoms with Crippen molar-refractivity contribution in [1.82, 2.24) is 15.1 Å². The molecule has 1 unspecified atom stereocenters. The Morgan fingerprint density at radius 1 is 1.14 bits per heavy atom. The molecule has 0 amide bonds. The van der Waals surface area contributed by atoms with Crippen molar-refractivity contribution in [1.29, 1.82) is 0 Å². The first-order chi connectivity index (χ1) is 10.0. The molecule has 0 radical (unpaired) electrons. The van der Waals surface area contributed by atoms with E-state index in [-0.39, 0.29) is 0 Å². The molecule has 0 aliphatic carbocycles. The number of hydrogen-bond acceptors (Lipinski definition) is 3. The average Bonchev–Trinajstić information content (AvgIpc) is 2.59. The van der Waals surface area contributed by atoms with Gasteiger partial charge in [0.05, 0.1) is 0 Å². The van der Waals surface area contributed by atoms with E-state index in [1.165, 1.54) is 37.2 Å². The molecule has 1 fully saturated rings. The van der Waals surface area contributed by atoms with Crippen LogP contribution in [0.2, 0.25) is 0 Å². The van der Waals surface area contributed by atoms with Crippen molar-refractivity contribution in [3.8, 4) is 0 Å². The number of benzene rings is 1. The van der Waals surface area contributed by atoms with Gasteiger partial charge >= 0.3 is 0 Å². The Labute approximate surface area is 130 Å². The third-order valence-corrected chi connectivity index (χ3v) is 4.31. The maximum Gasteiger partial charge on any atom is 0.0237 e. The van der Waals surface area contributed by atoms with Gasteiger partial charge in [0.25, 0.3) is 0 Å². The van der Waals surface area contributed by atoms with Gasteiger partial charge in [0.2, 0.25) is 0 Å². The van der Waals surface area contributed by atoms with Crippen LogP contribution in [0, 0.1) is 0 Å². The van der Waals surface area contributed by atoms with Crippen molar-refractivity contribution < 1.29 is 0 Å². The molecule has 3 heteroatoms. The summed E-state index contributed by atoms with van der Waals surface area (Å²) in [6.07, 6.45) is 1.28. The van der Waals surface area contributed by atoms with Crippen molar-refractivity contribution >= 4 is 0 Å². The van der Waals surface area contributed by atoms with Crippen LogP contribution in [0.5, 0.6) is 0 Å². The predicted molar refractivity (Wildman–Crippen MR) is 90.4 cm³/mol. The van der Waals surface area contributed by atoms with Gasteiger partial charge in [0, 0.05) is 38.3 Å². The highest BCUT2D eigenvalue weighted by atomic mass is 15.2. The fourth-order valence-corrected chi connectivity index (χ4v) is 2.98. The normalized spacial score (nSPS) is 21.7. The molecule has 0 aromatic heterocycles. The van der Waals surface area contributed by atoms with Crippen LogP contribution in [0.25, 0.3) is 0 Å². The third kappa shape index (κ3) is 5.42. The Morgan fingerprint density at radius 3 is 2.48 bits per heavy atom. The van der Waals surface area contributed by atoms with Gasteiger partial charge in [-0.15, -0.1) is 0 Å². The largest absolute Gasteiger partial charge is 0.310 e. The topological polar surface area (TPSA) is 18.5 Å². The second kappa shape index (κ2) is 7.92. The summed E-state index contributed by atoms with van der Waals surface area (Å²) in [6, 6.07) is 10.3. The van der Waals surface area contributed by atoms with Crippen molar-refractivity contribution in [3.05, 3.63) is 35.4 Å². The zero-order chi connectivity index (χ0) is 15.2. The van der Waals surface area contributed by atoms with E-state index in [2.05, 4.69) is 67.2 Å². The van der Waals surface area contributed by atoms with Gasteiger partial charge in [0.15, 0.2) is 0 Å². The highest BCUT2D eigenvalue weighted by molar-refractivity contribution is 5.22. The Balaban J connectivity index is 1.90. The van der Waals surface area contributed by atoms with E-state index in [0.717, 1.165) is 13.1 Å². The first-order valence-corrected chi connectivity index (χ1v) is 8.28. The van der Waals surface area contributed by atoms with Crippen LogP contribution in [-0.4, -0.2) is 48.6 Å². The molecule has 118 valence electrons. The highest BCUT2D eigenvalue weighted by Gasteiger charge is 2.19. The van der Waals surface area contributed by atoms with E-state index >= 15 is 0 Å². The zero-order valence-corrected chi connectivity index (χ0v) is 14.1. The highest BCUT2D eigenvalue weighted by Crippen LogP contribution is 2.14. The van der Waals surface area contributed by atoms with E-state index in [4.69, 9.17) is 0 Å². The number of nitrogens with one attached hydrogen (secondary N) is 1. The van der Waals surface area contributed by atoms with Crippen molar-refractivity contribution in [2.24, 2.45) is 0 Å². The Bertz CT molecular complexity index is 413. The van der Waals surface area contributed by atoms with Crippen LogP contribution in [-0.2, 0) is 13.1 Å².